The Labute approximate surface area is 523 Å². The molecule has 0 saturated heterocycles. The number of thiophene rings is 1. The highest BCUT2D eigenvalue weighted by Gasteiger charge is 2.53. The molecule has 2 atom stereocenters. The molecule has 9 aromatic carbocycles. The molecule has 87 heavy (non-hydrogen) atoms. The first kappa shape index (κ1) is 57.1. The molecule has 2 aromatic heterocycles. The van der Waals surface area contributed by atoms with E-state index in [0.717, 1.165) is 11.4 Å². The van der Waals surface area contributed by atoms with Crippen LogP contribution >= 0.6 is 11.3 Å². The van der Waals surface area contributed by atoms with Gasteiger partial charge in [-0.3, -0.25) is 0 Å². The van der Waals surface area contributed by atoms with Crippen molar-refractivity contribution in [1.82, 2.24) is 4.57 Å². The molecule has 14 rings (SSSR count). The minimum atomic E-state index is -0.161. The minimum absolute atomic E-state index is 0.0138. The van der Waals surface area contributed by atoms with Crippen LogP contribution in [0.15, 0.2) is 188 Å². The largest absolute Gasteiger partial charge is 0.310 e. The van der Waals surface area contributed by atoms with Gasteiger partial charge in [-0.2, -0.15) is 0 Å². The molecule has 3 heterocycles. The third kappa shape index (κ3) is 9.15. The van der Waals surface area contributed by atoms with Crippen LogP contribution in [0.1, 0.15) is 188 Å². The number of benzene rings is 9. The topological polar surface area (TPSA) is 8.17 Å². The van der Waals surface area contributed by atoms with E-state index in [1.165, 1.54) is 137 Å². The maximum absolute atomic E-state index is 2.76. The highest BCUT2D eigenvalue weighted by molar-refractivity contribution is 7.27. The molecule has 2 unspecified atom stereocenters. The van der Waals surface area contributed by atoms with E-state index in [0.29, 0.717) is 11.8 Å². The molecule has 2 aliphatic carbocycles. The Kier molecular flexibility index (Phi) is 13.1. The fraction of sp³-hybridized carbons (Fsp3) is 0.301. The summed E-state index contributed by atoms with van der Waals surface area (Å²) < 4.78 is 5.40. The van der Waals surface area contributed by atoms with Crippen molar-refractivity contribution in [3.8, 4) is 5.69 Å². The number of rotatable bonds is 8. The minimum Gasteiger partial charge on any atom is -0.310 e. The summed E-state index contributed by atoms with van der Waals surface area (Å²) in [6.45, 7) is 39.9. The van der Waals surface area contributed by atoms with Gasteiger partial charge >= 0.3 is 0 Å². The summed E-state index contributed by atoms with van der Waals surface area (Å²) in [5.74, 6) is 0.953. The number of aromatic nitrogens is 1. The maximum Gasteiger partial charge on any atom is 0.247 e. The van der Waals surface area contributed by atoms with Gasteiger partial charge in [-0.05, 0) is 186 Å². The third-order valence-electron chi connectivity index (χ3n) is 20.6. The molecule has 436 valence electrons. The van der Waals surface area contributed by atoms with Crippen LogP contribution in [0.2, 0.25) is 0 Å². The molecule has 1 saturated carbocycles. The quantitative estimate of drug-likeness (QED) is 0.138. The summed E-state index contributed by atoms with van der Waals surface area (Å²) in [6, 6.07) is 74.1. The van der Waals surface area contributed by atoms with Crippen molar-refractivity contribution < 1.29 is 0 Å². The van der Waals surface area contributed by atoms with Crippen molar-refractivity contribution in [2.75, 3.05) is 4.90 Å². The van der Waals surface area contributed by atoms with Gasteiger partial charge in [0.25, 0.3) is 0 Å². The zero-order chi connectivity index (χ0) is 61.2. The van der Waals surface area contributed by atoms with Crippen molar-refractivity contribution in [1.29, 1.82) is 0 Å². The molecule has 0 bridgehead atoms. The van der Waals surface area contributed by atoms with E-state index in [-0.39, 0.29) is 39.7 Å². The smallest absolute Gasteiger partial charge is 0.247 e. The van der Waals surface area contributed by atoms with Gasteiger partial charge in [-0.1, -0.05) is 254 Å². The van der Waals surface area contributed by atoms with Crippen LogP contribution in [-0.4, -0.2) is 11.3 Å². The van der Waals surface area contributed by atoms with E-state index in [1.807, 2.05) is 11.3 Å². The molecule has 0 N–H and O–H groups in total. The van der Waals surface area contributed by atoms with E-state index in [9.17, 15) is 0 Å². The van der Waals surface area contributed by atoms with Crippen LogP contribution < -0.4 is 21.3 Å². The van der Waals surface area contributed by atoms with Crippen molar-refractivity contribution in [3.05, 3.63) is 255 Å². The van der Waals surface area contributed by atoms with Crippen LogP contribution in [0, 0.1) is 13.8 Å². The molecule has 0 radical (unpaired) electrons. The Morgan fingerprint density at radius 2 is 0.966 bits per heavy atom. The molecule has 0 spiro atoms. The molecular formula is C83H85BN2S. The molecule has 4 heteroatoms. The monoisotopic (exact) mass is 1150 g/mol. The summed E-state index contributed by atoms with van der Waals surface area (Å²) in [5, 5.41) is 2.61. The van der Waals surface area contributed by atoms with Gasteiger partial charge < -0.3 is 9.47 Å². The lowest BCUT2D eigenvalue weighted by atomic mass is 9.34. The molecule has 0 amide bonds. The fourth-order valence-electron chi connectivity index (χ4n) is 15.8. The Balaban J connectivity index is 1.06. The molecular weight excluding hydrogens is 1070 g/mol. The van der Waals surface area contributed by atoms with E-state index >= 15 is 0 Å². The first-order valence-electron chi connectivity index (χ1n) is 32.0. The summed E-state index contributed by atoms with van der Waals surface area (Å²) in [5.41, 5.74) is 30.9. The number of aryl methyl sites for hydroxylation is 1. The van der Waals surface area contributed by atoms with Gasteiger partial charge in [0.15, 0.2) is 0 Å². The van der Waals surface area contributed by atoms with Crippen molar-refractivity contribution in [2.45, 2.75) is 163 Å². The first-order chi connectivity index (χ1) is 41.2. The summed E-state index contributed by atoms with van der Waals surface area (Å²) >= 11 is 1.96. The molecule has 1 aliphatic heterocycles. The zero-order valence-corrected chi connectivity index (χ0v) is 55.3. The predicted octanol–water partition coefficient (Wildman–Crippen LogP) is 21.0. The Morgan fingerprint density at radius 1 is 0.471 bits per heavy atom. The second kappa shape index (κ2) is 19.9. The van der Waals surface area contributed by atoms with E-state index in [1.54, 1.807) is 0 Å². The van der Waals surface area contributed by atoms with Crippen LogP contribution in [0.25, 0.3) is 48.0 Å². The van der Waals surface area contributed by atoms with Crippen LogP contribution in [0.4, 0.5) is 17.1 Å². The highest BCUT2D eigenvalue weighted by Crippen LogP contribution is 2.67. The lowest BCUT2D eigenvalue weighted by Gasteiger charge is -2.33. The number of hydrogen-bond donors (Lipinski definition) is 0. The SMILES string of the molecule is CC1=C(c2cccc(B3c4c(C)cc(C5C(c6ccc(C(C)(C)C)cc6)C5c5ccc(C(C)(C)C)cc5)cc4-n4c5c3ccc(N(c3ccc(C(C)(C)C)cc3)c3ccc(C(C)(C)C)cc3)c5c3sc5ccccc5c34)c2C)C(C)(C)c2ccccc21. The predicted molar refractivity (Wildman–Crippen MR) is 379 cm³/mol. The summed E-state index contributed by atoms with van der Waals surface area (Å²) in [7, 11) is 0. The standard InChI is InChI=1S/C83H85BN2S/c1-49-47-54(72-70(52-29-33-55(34-30-52)79(4,5)6)71(72)53-31-35-56(36-32-53)80(7,8)9)48-68-75(49)84(65-27-22-25-62(50(65)2)74-51(3)61-23-18-20-26-64(61)83(74,16)17)66-45-46-67(73-77(66)86(68)76-63-24-19-21-28-69(63)87-78(73)76)85(59-41-37-57(38-42-59)81(10,11)12)60-43-39-58(40-44-60)82(13,14)15/h18-48,70-72H,1-17H3. The number of hydrogen-bond acceptors (Lipinski definition) is 2. The first-order valence-corrected chi connectivity index (χ1v) is 32.8. The van der Waals surface area contributed by atoms with E-state index in [2.05, 4.69) is 315 Å². The van der Waals surface area contributed by atoms with Crippen LogP contribution in [0.3, 0.4) is 0 Å². The Hall–Kier alpha value is -7.66. The third-order valence-corrected chi connectivity index (χ3v) is 21.7. The number of nitrogens with zero attached hydrogens (tertiary/aromatic N) is 2. The lowest BCUT2D eigenvalue weighted by Crippen LogP contribution is -2.57. The van der Waals surface area contributed by atoms with Gasteiger partial charge in [-0.25, -0.2) is 0 Å². The lowest BCUT2D eigenvalue weighted by molar-refractivity contribution is 0.589. The average Bonchev–Trinajstić information content (AvgIpc) is 1.56. The van der Waals surface area contributed by atoms with E-state index < -0.39 is 0 Å². The van der Waals surface area contributed by atoms with Crippen molar-refractivity contribution >= 4 is 93.9 Å². The zero-order valence-electron chi connectivity index (χ0n) is 54.5. The molecule has 2 nitrogen and oxygen atoms in total. The number of fused-ring (bicyclic) bond motifs is 8. The van der Waals surface area contributed by atoms with E-state index in [4.69, 9.17) is 0 Å². The summed E-state index contributed by atoms with van der Waals surface area (Å²) in [4.78, 5) is 2.56. The number of allylic oxidation sites excluding steroid dienone is 2. The van der Waals surface area contributed by atoms with Gasteiger partial charge in [0.2, 0.25) is 6.71 Å². The van der Waals surface area contributed by atoms with Crippen molar-refractivity contribution in [3.63, 3.8) is 0 Å². The van der Waals surface area contributed by atoms with Crippen molar-refractivity contribution in [2.24, 2.45) is 0 Å². The van der Waals surface area contributed by atoms with Crippen LogP contribution in [-0.2, 0) is 27.1 Å². The fourth-order valence-corrected chi connectivity index (χ4v) is 17.0. The second-order valence-corrected chi connectivity index (χ2v) is 31.7. The van der Waals surface area contributed by atoms with Gasteiger partial charge in [0, 0.05) is 37.9 Å². The molecule has 3 aliphatic rings. The van der Waals surface area contributed by atoms with Gasteiger partial charge in [-0.15, -0.1) is 11.3 Å². The van der Waals surface area contributed by atoms with Gasteiger partial charge in [0.1, 0.15) is 0 Å². The van der Waals surface area contributed by atoms with Gasteiger partial charge in [0.05, 0.1) is 21.4 Å². The molecule has 1 fully saturated rings. The summed E-state index contributed by atoms with van der Waals surface area (Å²) in [6.07, 6.45) is 0. The highest BCUT2D eigenvalue weighted by atomic mass is 32.1. The Morgan fingerprint density at radius 3 is 1.51 bits per heavy atom. The Bertz CT molecular complexity index is 4470. The average molecular weight is 1150 g/mol. The normalized spacial score (nSPS) is 17.4. The number of anilines is 3. The second-order valence-electron chi connectivity index (χ2n) is 30.7. The van der Waals surface area contributed by atoms with Crippen LogP contribution in [0.5, 0.6) is 0 Å². The molecule has 11 aromatic rings. The maximum atomic E-state index is 2.76.